The lowest BCUT2D eigenvalue weighted by atomic mass is 10.1. The first kappa shape index (κ1) is 17.9. The fourth-order valence-electron chi connectivity index (χ4n) is 3.03. The van der Waals surface area contributed by atoms with Crippen LogP contribution in [0.4, 0.5) is 17.1 Å². The summed E-state index contributed by atoms with van der Waals surface area (Å²) in [5.41, 5.74) is 1.46. The highest BCUT2D eigenvalue weighted by Crippen LogP contribution is 2.30. The molecule has 0 spiro atoms. The van der Waals surface area contributed by atoms with Gasteiger partial charge in [0.1, 0.15) is 12.6 Å². The van der Waals surface area contributed by atoms with E-state index in [1.165, 1.54) is 11.8 Å². The van der Waals surface area contributed by atoms with E-state index in [2.05, 4.69) is 5.32 Å². The average molecular weight is 373 g/mol. The van der Waals surface area contributed by atoms with Crippen molar-refractivity contribution in [1.82, 2.24) is 0 Å². The Morgan fingerprint density at radius 1 is 1.12 bits per heavy atom. The third-order valence-electron chi connectivity index (χ3n) is 4.11. The minimum atomic E-state index is -3.71. The molecule has 0 aliphatic carbocycles. The van der Waals surface area contributed by atoms with E-state index < -0.39 is 22.0 Å². The van der Waals surface area contributed by atoms with Crippen molar-refractivity contribution < 1.29 is 18.0 Å². The molecule has 0 bridgehead atoms. The van der Waals surface area contributed by atoms with Crippen LogP contribution >= 0.6 is 0 Å². The molecule has 2 aromatic carbocycles. The van der Waals surface area contributed by atoms with E-state index in [0.717, 1.165) is 10.6 Å². The Morgan fingerprint density at radius 2 is 1.73 bits per heavy atom. The normalized spacial score (nSPS) is 15.0. The number of carbonyl (C=O) groups is 2. The molecule has 0 aromatic heterocycles. The fraction of sp³-hybridized carbons (Fsp3) is 0.222. The molecule has 26 heavy (non-hydrogen) atoms. The van der Waals surface area contributed by atoms with Crippen molar-refractivity contribution in [3.63, 3.8) is 0 Å². The summed E-state index contributed by atoms with van der Waals surface area (Å²) in [5, 5.41) is 2.71. The molecule has 2 amide bonds. The molecule has 1 N–H and O–H groups in total. The number of rotatable bonds is 4. The smallest absolute Gasteiger partial charge is 0.251 e. The van der Waals surface area contributed by atoms with Gasteiger partial charge in [-0.2, -0.15) is 0 Å². The Kier molecular flexibility index (Phi) is 4.69. The standard InChI is InChI=1S/C18H19N3O4S/c1-13(21(26(2,24)25)14-8-4-3-5-9-14)18(23)20-12-17(22)19-15-10-6-7-11-16(15)20/h3-11,13H,12H2,1-2H3,(H,19,22)/t13-/m1/s1. The van der Waals surface area contributed by atoms with Crippen molar-refractivity contribution in [2.45, 2.75) is 13.0 Å². The quantitative estimate of drug-likeness (QED) is 0.886. The van der Waals surface area contributed by atoms with Crippen molar-refractivity contribution in [2.24, 2.45) is 0 Å². The molecule has 0 fully saturated rings. The SMILES string of the molecule is C[C@H](C(=O)N1CC(=O)Nc2ccccc21)N(c1ccccc1)S(C)(=O)=O. The highest BCUT2D eigenvalue weighted by Gasteiger charge is 2.35. The highest BCUT2D eigenvalue weighted by molar-refractivity contribution is 7.92. The van der Waals surface area contributed by atoms with Gasteiger partial charge in [0, 0.05) is 0 Å². The van der Waals surface area contributed by atoms with Gasteiger partial charge in [0.2, 0.25) is 15.9 Å². The molecule has 1 atom stereocenters. The Morgan fingerprint density at radius 3 is 2.38 bits per heavy atom. The number of para-hydroxylation sites is 3. The minimum Gasteiger partial charge on any atom is -0.323 e. The van der Waals surface area contributed by atoms with E-state index in [1.54, 1.807) is 54.6 Å². The number of carbonyl (C=O) groups excluding carboxylic acids is 2. The van der Waals surface area contributed by atoms with Crippen LogP contribution in [0.1, 0.15) is 6.92 Å². The molecule has 1 aliphatic heterocycles. The summed E-state index contributed by atoms with van der Waals surface area (Å²) in [5.74, 6) is -0.795. The van der Waals surface area contributed by atoms with Gasteiger partial charge in [-0.15, -0.1) is 0 Å². The first-order valence-corrected chi connectivity index (χ1v) is 9.88. The molecule has 0 saturated carbocycles. The summed E-state index contributed by atoms with van der Waals surface area (Å²) in [6, 6.07) is 14.3. The van der Waals surface area contributed by atoms with Gasteiger partial charge in [0.05, 0.1) is 23.3 Å². The summed E-state index contributed by atoms with van der Waals surface area (Å²) in [4.78, 5) is 26.4. The van der Waals surface area contributed by atoms with Crippen molar-refractivity contribution in [1.29, 1.82) is 0 Å². The van der Waals surface area contributed by atoms with Crippen molar-refractivity contribution in [2.75, 3.05) is 27.3 Å². The minimum absolute atomic E-state index is 0.160. The zero-order chi connectivity index (χ0) is 18.9. The van der Waals surface area contributed by atoms with E-state index in [-0.39, 0.29) is 12.5 Å². The molecule has 1 heterocycles. The van der Waals surface area contributed by atoms with Gasteiger partial charge in [-0.1, -0.05) is 30.3 Å². The zero-order valence-corrected chi connectivity index (χ0v) is 15.2. The lowest BCUT2D eigenvalue weighted by Gasteiger charge is -2.35. The number of hydrogen-bond donors (Lipinski definition) is 1. The number of benzene rings is 2. The number of hydrogen-bond acceptors (Lipinski definition) is 4. The van der Waals surface area contributed by atoms with Crippen LogP contribution in [0.3, 0.4) is 0 Å². The molecular weight excluding hydrogens is 354 g/mol. The number of fused-ring (bicyclic) bond motifs is 1. The first-order chi connectivity index (χ1) is 12.3. The third kappa shape index (κ3) is 3.41. The van der Waals surface area contributed by atoms with E-state index in [1.807, 2.05) is 0 Å². The Balaban J connectivity index is 2.00. The zero-order valence-electron chi connectivity index (χ0n) is 14.4. The van der Waals surface area contributed by atoms with Crippen LogP contribution in [0.5, 0.6) is 0 Å². The number of sulfonamides is 1. The largest absolute Gasteiger partial charge is 0.323 e. The van der Waals surface area contributed by atoms with E-state index in [0.29, 0.717) is 17.1 Å². The summed E-state index contributed by atoms with van der Waals surface area (Å²) >= 11 is 0. The van der Waals surface area contributed by atoms with Crippen LogP contribution in [-0.2, 0) is 19.6 Å². The maximum absolute atomic E-state index is 13.1. The second-order valence-electron chi connectivity index (χ2n) is 6.06. The van der Waals surface area contributed by atoms with Crippen LogP contribution in [0, 0.1) is 0 Å². The molecule has 136 valence electrons. The van der Waals surface area contributed by atoms with Crippen LogP contribution in [0.2, 0.25) is 0 Å². The number of anilines is 3. The van der Waals surface area contributed by atoms with Crippen LogP contribution in [0.15, 0.2) is 54.6 Å². The molecular formula is C18H19N3O4S. The van der Waals surface area contributed by atoms with Crippen molar-refractivity contribution in [3.05, 3.63) is 54.6 Å². The number of nitrogens with zero attached hydrogens (tertiary/aromatic N) is 2. The van der Waals surface area contributed by atoms with Gasteiger partial charge in [0.15, 0.2) is 0 Å². The first-order valence-electron chi connectivity index (χ1n) is 8.04. The molecule has 7 nitrogen and oxygen atoms in total. The molecule has 8 heteroatoms. The molecule has 0 radical (unpaired) electrons. The summed E-state index contributed by atoms with van der Waals surface area (Å²) in [6.45, 7) is 1.36. The molecule has 1 aliphatic rings. The lowest BCUT2D eigenvalue weighted by Crippen LogP contribution is -2.52. The maximum Gasteiger partial charge on any atom is 0.251 e. The molecule has 0 saturated heterocycles. The third-order valence-corrected chi connectivity index (χ3v) is 5.36. The second-order valence-corrected chi connectivity index (χ2v) is 7.92. The highest BCUT2D eigenvalue weighted by atomic mass is 32.2. The summed E-state index contributed by atoms with van der Waals surface area (Å²) < 4.78 is 25.8. The van der Waals surface area contributed by atoms with Gasteiger partial charge in [-0.05, 0) is 31.2 Å². The predicted molar refractivity (Wildman–Crippen MR) is 101 cm³/mol. The van der Waals surface area contributed by atoms with E-state index >= 15 is 0 Å². The molecule has 2 aromatic rings. The maximum atomic E-state index is 13.1. The summed E-state index contributed by atoms with van der Waals surface area (Å²) in [6.07, 6.45) is 1.06. The number of nitrogens with one attached hydrogen (secondary N) is 1. The average Bonchev–Trinajstić information content (AvgIpc) is 2.60. The van der Waals surface area contributed by atoms with E-state index in [9.17, 15) is 18.0 Å². The van der Waals surface area contributed by atoms with Gasteiger partial charge < -0.3 is 5.32 Å². The predicted octanol–water partition coefficient (Wildman–Crippen LogP) is 1.83. The van der Waals surface area contributed by atoms with Crippen LogP contribution in [-0.4, -0.2) is 39.1 Å². The summed E-state index contributed by atoms with van der Waals surface area (Å²) in [7, 11) is -3.71. The van der Waals surface area contributed by atoms with Gasteiger partial charge in [-0.3, -0.25) is 18.8 Å². The molecule has 3 rings (SSSR count). The monoisotopic (exact) mass is 373 g/mol. The Hall–Kier alpha value is -2.87. The Bertz CT molecular complexity index is 944. The Labute approximate surface area is 152 Å². The van der Waals surface area contributed by atoms with Gasteiger partial charge in [0.25, 0.3) is 5.91 Å². The fourth-order valence-corrected chi connectivity index (χ4v) is 4.20. The topological polar surface area (TPSA) is 86.8 Å². The van der Waals surface area contributed by atoms with Crippen molar-refractivity contribution >= 4 is 38.9 Å². The van der Waals surface area contributed by atoms with Crippen LogP contribution in [0.25, 0.3) is 0 Å². The van der Waals surface area contributed by atoms with Gasteiger partial charge >= 0.3 is 0 Å². The lowest BCUT2D eigenvalue weighted by molar-refractivity contribution is -0.122. The second kappa shape index (κ2) is 6.80. The van der Waals surface area contributed by atoms with Crippen LogP contribution < -0.4 is 14.5 Å². The molecule has 0 unspecified atom stereocenters. The van der Waals surface area contributed by atoms with Gasteiger partial charge in [-0.25, -0.2) is 8.42 Å². The van der Waals surface area contributed by atoms with Crippen molar-refractivity contribution in [3.8, 4) is 0 Å². The number of amides is 2. The van der Waals surface area contributed by atoms with E-state index in [4.69, 9.17) is 0 Å².